The molecule has 4 rings (SSSR count). The van der Waals surface area contributed by atoms with E-state index in [-0.39, 0.29) is 17.7 Å². The molecular weight excluding hydrogens is 490 g/mol. The predicted molar refractivity (Wildman–Crippen MR) is 123 cm³/mol. The van der Waals surface area contributed by atoms with Crippen LogP contribution in [0.4, 0.5) is 5.69 Å². The second-order valence-corrected chi connectivity index (χ2v) is 8.55. The first kappa shape index (κ1) is 25.7. The summed E-state index contributed by atoms with van der Waals surface area (Å²) in [7, 11) is 1.50. The van der Waals surface area contributed by atoms with Gasteiger partial charge in [0.2, 0.25) is 5.91 Å². The third-order valence-corrected chi connectivity index (χ3v) is 6.35. The fraction of sp³-hybridized carbons (Fsp3) is 0.333. The highest BCUT2D eigenvalue weighted by Crippen LogP contribution is 2.36. The summed E-state index contributed by atoms with van der Waals surface area (Å²) in [5.41, 5.74) is -0.154. The predicted octanol–water partition coefficient (Wildman–Crippen LogP) is 0.264. The van der Waals surface area contributed by atoms with Crippen molar-refractivity contribution in [3.05, 3.63) is 69.3 Å². The van der Waals surface area contributed by atoms with Crippen LogP contribution in [0, 0.1) is 10.1 Å². The Bertz CT molecular complexity index is 1280. The Labute approximate surface area is 209 Å². The normalized spacial score (nSPS) is 20.3. The van der Waals surface area contributed by atoms with Gasteiger partial charge in [-0.05, 0) is 30.7 Å². The van der Waals surface area contributed by atoms with Gasteiger partial charge in [0.05, 0.1) is 41.9 Å². The van der Waals surface area contributed by atoms with Gasteiger partial charge in [-0.2, -0.15) is 0 Å². The van der Waals surface area contributed by atoms with Crippen molar-refractivity contribution >= 4 is 29.4 Å². The molecule has 2 aliphatic rings. The van der Waals surface area contributed by atoms with E-state index in [4.69, 9.17) is 9.47 Å². The summed E-state index contributed by atoms with van der Waals surface area (Å²) in [6.45, 7) is 0.354. The lowest BCUT2D eigenvalue weighted by Crippen LogP contribution is -2.77. The van der Waals surface area contributed by atoms with Crippen LogP contribution >= 0.6 is 0 Å². The first-order valence-electron chi connectivity index (χ1n) is 11.2. The maximum Gasteiger partial charge on any atom is 0.331 e. The number of imide groups is 1. The minimum Gasteiger partial charge on any atom is -0.497 e. The quantitative estimate of drug-likeness (QED) is 0.155. The first-order valence-corrected chi connectivity index (χ1v) is 11.2. The minimum absolute atomic E-state index is 0.121. The number of likely N-dealkylation sites (tertiary alicyclic amines) is 1. The summed E-state index contributed by atoms with van der Waals surface area (Å²) in [6, 6.07) is 5.59. The van der Waals surface area contributed by atoms with E-state index in [1.807, 2.05) is 0 Å². The SMILES string of the molecule is COc1ccc(COC(=O)C([C@@H](C)O)N2C(=O)C(N3C(=O)c4ccc([N+](=O)[O-])cc4C3=O)C2CO)cc1. The lowest BCUT2D eigenvalue weighted by molar-refractivity contribution is -0.384. The third kappa shape index (κ3) is 4.38. The Morgan fingerprint density at radius 1 is 1.11 bits per heavy atom. The molecule has 2 heterocycles. The molecule has 3 amide bonds. The number of amides is 3. The molecule has 2 aliphatic heterocycles. The van der Waals surface area contributed by atoms with Gasteiger partial charge in [0, 0.05) is 12.1 Å². The summed E-state index contributed by atoms with van der Waals surface area (Å²) >= 11 is 0. The second kappa shape index (κ2) is 9.95. The number of aliphatic hydroxyl groups is 2. The van der Waals surface area contributed by atoms with Gasteiger partial charge in [0.15, 0.2) is 6.04 Å². The van der Waals surface area contributed by atoms with Gasteiger partial charge < -0.3 is 24.6 Å². The highest BCUT2D eigenvalue weighted by molar-refractivity contribution is 6.23. The summed E-state index contributed by atoms with van der Waals surface area (Å²) in [5, 5.41) is 31.4. The van der Waals surface area contributed by atoms with Gasteiger partial charge in [-0.3, -0.25) is 29.4 Å². The van der Waals surface area contributed by atoms with Crippen LogP contribution in [-0.2, 0) is 20.9 Å². The van der Waals surface area contributed by atoms with Gasteiger partial charge in [-0.25, -0.2) is 4.79 Å². The van der Waals surface area contributed by atoms with Crippen LogP contribution < -0.4 is 4.74 Å². The van der Waals surface area contributed by atoms with Crippen LogP contribution in [-0.4, -0.2) is 86.6 Å². The van der Waals surface area contributed by atoms with E-state index in [0.717, 1.165) is 23.1 Å². The number of benzene rings is 2. The zero-order valence-electron chi connectivity index (χ0n) is 19.8. The molecule has 2 aromatic rings. The summed E-state index contributed by atoms with van der Waals surface area (Å²) in [4.78, 5) is 63.7. The molecule has 1 saturated heterocycles. The Hall–Kier alpha value is -4.36. The van der Waals surface area contributed by atoms with Crippen LogP contribution in [0.2, 0.25) is 0 Å². The third-order valence-electron chi connectivity index (χ3n) is 6.35. The maximum absolute atomic E-state index is 13.2. The number of ether oxygens (including phenoxy) is 2. The number of nitrogens with zero attached hydrogens (tertiary/aromatic N) is 3. The number of aliphatic hydroxyl groups excluding tert-OH is 2. The van der Waals surface area contributed by atoms with Crippen molar-refractivity contribution in [1.82, 2.24) is 9.80 Å². The standard InChI is InChI=1S/C24H23N3O10/c1-12(29)19(24(33)37-11-13-3-6-15(36-2)7-4-13)25-18(10-28)20(23(25)32)26-21(30)16-8-5-14(27(34)35)9-17(16)22(26)31/h3-9,12,18-20,28-29H,10-11H2,1-2H3/t12-,18?,19?,20?/m1/s1. The number of methoxy groups -OCH3 is 1. The van der Waals surface area contributed by atoms with Gasteiger partial charge in [0.1, 0.15) is 18.4 Å². The van der Waals surface area contributed by atoms with Crippen molar-refractivity contribution < 1.29 is 43.8 Å². The highest BCUT2D eigenvalue weighted by Gasteiger charge is 2.59. The van der Waals surface area contributed by atoms with Gasteiger partial charge in [0.25, 0.3) is 17.5 Å². The van der Waals surface area contributed by atoms with E-state index >= 15 is 0 Å². The summed E-state index contributed by atoms with van der Waals surface area (Å²) < 4.78 is 10.4. The average Bonchev–Trinajstić information content (AvgIpc) is 3.12. The number of rotatable bonds is 9. The highest BCUT2D eigenvalue weighted by atomic mass is 16.6. The number of nitro benzene ring substituents is 1. The number of nitro groups is 1. The number of carbonyl (C=O) groups is 4. The van der Waals surface area contributed by atoms with E-state index in [1.54, 1.807) is 24.3 Å². The second-order valence-electron chi connectivity index (χ2n) is 8.55. The monoisotopic (exact) mass is 513 g/mol. The number of fused-ring (bicyclic) bond motifs is 1. The number of hydrogen-bond acceptors (Lipinski definition) is 10. The summed E-state index contributed by atoms with van der Waals surface area (Å²) in [5.74, 6) is -3.01. The molecule has 1 fully saturated rings. The molecule has 13 heteroatoms. The molecule has 2 aromatic carbocycles. The molecule has 0 saturated carbocycles. The Kier molecular flexibility index (Phi) is 6.92. The Morgan fingerprint density at radius 3 is 2.32 bits per heavy atom. The van der Waals surface area contributed by atoms with Crippen molar-refractivity contribution in [2.24, 2.45) is 0 Å². The van der Waals surface area contributed by atoms with Crippen molar-refractivity contribution in [2.75, 3.05) is 13.7 Å². The molecule has 0 aromatic heterocycles. The molecule has 0 spiro atoms. The van der Waals surface area contributed by atoms with Crippen molar-refractivity contribution in [1.29, 1.82) is 0 Å². The van der Waals surface area contributed by atoms with Crippen molar-refractivity contribution in [3.63, 3.8) is 0 Å². The zero-order chi connectivity index (χ0) is 27.0. The van der Waals surface area contributed by atoms with E-state index in [2.05, 4.69) is 0 Å². The van der Waals surface area contributed by atoms with E-state index in [0.29, 0.717) is 16.2 Å². The van der Waals surface area contributed by atoms with Gasteiger partial charge >= 0.3 is 5.97 Å². The first-order chi connectivity index (χ1) is 17.6. The maximum atomic E-state index is 13.2. The van der Waals surface area contributed by atoms with E-state index in [9.17, 15) is 39.5 Å². The number of hydrogen-bond donors (Lipinski definition) is 2. The molecule has 3 unspecified atom stereocenters. The van der Waals surface area contributed by atoms with Crippen molar-refractivity contribution in [2.45, 2.75) is 37.8 Å². The molecule has 0 aliphatic carbocycles. The topological polar surface area (TPSA) is 177 Å². The van der Waals surface area contributed by atoms with Crippen molar-refractivity contribution in [3.8, 4) is 5.75 Å². The summed E-state index contributed by atoms with van der Waals surface area (Å²) in [6.07, 6.45) is -1.41. The number of carbonyl (C=O) groups excluding carboxylic acids is 4. The lowest BCUT2D eigenvalue weighted by atomic mass is 9.90. The van der Waals surface area contributed by atoms with Crippen LogP contribution in [0.25, 0.3) is 0 Å². The largest absolute Gasteiger partial charge is 0.497 e. The molecule has 0 bridgehead atoms. The van der Waals surface area contributed by atoms with Crippen LogP contribution in [0.1, 0.15) is 33.2 Å². The lowest BCUT2D eigenvalue weighted by Gasteiger charge is -2.51. The van der Waals surface area contributed by atoms with E-state index < -0.39 is 65.1 Å². The molecule has 4 atom stereocenters. The molecule has 37 heavy (non-hydrogen) atoms. The number of esters is 1. The fourth-order valence-electron chi connectivity index (χ4n) is 4.48. The smallest absolute Gasteiger partial charge is 0.331 e. The van der Waals surface area contributed by atoms with Crippen LogP contribution in [0.5, 0.6) is 5.75 Å². The molecule has 13 nitrogen and oxygen atoms in total. The molecule has 194 valence electrons. The Balaban J connectivity index is 1.52. The van der Waals surface area contributed by atoms with Gasteiger partial charge in [-0.1, -0.05) is 12.1 Å². The molecule has 0 radical (unpaired) electrons. The number of non-ortho nitro benzene ring substituents is 1. The van der Waals surface area contributed by atoms with Crippen LogP contribution in [0.15, 0.2) is 42.5 Å². The molecular formula is C24H23N3O10. The number of β-lactam (4-membered cyclic amide) rings is 1. The Morgan fingerprint density at radius 2 is 1.76 bits per heavy atom. The average molecular weight is 513 g/mol. The minimum atomic E-state index is -1.52. The zero-order valence-corrected chi connectivity index (χ0v) is 19.8. The van der Waals surface area contributed by atoms with E-state index in [1.165, 1.54) is 14.0 Å². The van der Waals surface area contributed by atoms with Gasteiger partial charge in [-0.15, -0.1) is 0 Å². The van der Waals surface area contributed by atoms with Crippen LogP contribution in [0.3, 0.4) is 0 Å². The molecule has 2 N–H and O–H groups in total. The fourth-order valence-corrected chi connectivity index (χ4v) is 4.48.